The van der Waals surface area contributed by atoms with Crippen molar-refractivity contribution in [2.75, 3.05) is 13.9 Å². The average molecular weight is 418 g/mol. The highest BCUT2D eigenvalue weighted by atomic mass is 16.7. The van der Waals surface area contributed by atoms with Crippen LogP contribution in [-0.4, -0.2) is 19.8 Å². The normalized spacial score (nSPS) is 18.1. The molecule has 2 aliphatic rings. The van der Waals surface area contributed by atoms with Gasteiger partial charge in [-0.25, -0.2) is 0 Å². The molecule has 0 spiro atoms. The summed E-state index contributed by atoms with van der Waals surface area (Å²) in [7, 11) is 1.62. The van der Waals surface area contributed by atoms with Crippen molar-refractivity contribution < 1.29 is 19.0 Å². The maximum absolute atomic E-state index is 12.9. The molecule has 0 bridgehead atoms. The van der Waals surface area contributed by atoms with Gasteiger partial charge in [-0.2, -0.15) is 0 Å². The molecule has 1 unspecified atom stereocenters. The largest absolute Gasteiger partial charge is 0.495 e. The van der Waals surface area contributed by atoms with Crippen LogP contribution in [0.3, 0.4) is 0 Å². The first-order valence-electron chi connectivity index (χ1n) is 10.7. The fourth-order valence-corrected chi connectivity index (χ4v) is 4.41. The zero-order valence-electron chi connectivity index (χ0n) is 18.2. The molecule has 1 N–H and O–H groups in total. The summed E-state index contributed by atoms with van der Waals surface area (Å²) in [6.07, 6.45) is 2.39. The van der Waals surface area contributed by atoms with Gasteiger partial charge in [0.2, 0.25) is 6.79 Å². The van der Waals surface area contributed by atoms with E-state index in [0.29, 0.717) is 29.0 Å². The number of hydrogen-bond donors (Lipinski definition) is 1. The summed E-state index contributed by atoms with van der Waals surface area (Å²) in [5.74, 6) is 2.64. The molecule has 1 aliphatic heterocycles. The summed E-state index contributed by atoms with van der Waals surface area (Å²) in [6, 6.07) is 16.0. The minimum absolute atomic E-state index is 0.166. The maximum Gasteiger partial charge on any atom is 0.255 e. The number of methoxy groups -OCH3 is 1. The molecule has 160 valence electrons. The van der Waals surface area contributed by atoms with Gasteiger partial charge >= 0.3 is 0 Å². The third kappa shape index (κ3) is 3.80. The Morgan fingerprint density at radius 3 is 2.61 bits per heavy atom. The maximum atomic E-state index is 12.9. The smallest absolute Gasteiger partial charge is 0.255 e. The number of rotatable bonds is 6. The molecule has 1 atom stereocenters. The predicted molar refractivity (Wildman–Crippen MR) is 120 cm³/mol. The zero-order valence-corrected chi connectivity index (χ0v) is 18.2. The second kappa shape index (κ2) is 7.49. The minimum atomic E-state index is -0.166. The number of ether oxygens (including phenoxy) is 3. The third-order valence-corrected chi connectivity index (χ3v) is 6.57. The molecule has 5 heteroatoms. The second-order valence-electron chi connectivity index (χ2n) is 9.17. The molecular formula is C26H27NO4. The van der Waals surface area contributed by atoms with Gasteiger partial charge in [-0.05, 0) is 58.9 Å². The molecule has 1 aliphatic carbocycles. The van der Waals surface area contributed by atoms with Crippen molar-refractivity contribution in [1.82, 2.24) is 5.32 Å². The van der Waals surface area contributed by atoms with Crippen LogP contribution < -0.4 is 19.5 Å². The quantitative estimate of drug-likeness (QED) is 0.607. The van der Waals surface area contributed by atoms with Crippen LogP contribution in [0.1, 0.15) is 41.8 Å². The SMILES string of the molecule is COc1c(C(=O)NCc2ccc3c(c2)OCO3)ccc2cc(CC3CC3(C)C)ccc12. The summed E-state index contributed by atoms with van der Waals surface area (Å²) in [5, 5.41) is 5.04. The van der Waals surface area contributed by atoms with Crippen molar-refractivity contribution >= 4 is 16.7 Å². The van der Waals surface area contributed by atoms with Crippen LogP contribution in [0.25, 0.3) is 10.8 Å². The Bertz CT molecular complexity index is 1170. The van der Waals surface area contributed by atoms with Crippen molar-refractivity contribution in [2.24, 2.45) is 11.3 Å². The van der Waals surface area contributed by atoms with Crippen molar-refractivity contribution in [2.45, 2.75) is 33.2 Å². The van der Waals surface area contributed by atoms with E-state index in [-0.39, 0.29) is 12.7 Å². The summed E-state index contributed by atoms with van der Waals surface area (Å²) >= 11 is 0. The number of carbonyl (C=O) groups is 1. The monoisotopic (exact) mass is 417 g/mol. The molecule has 1 saturated carbocycles. The van der Waals surface area contributed by atoms with E-state index < -0.39 is 0 Å². The molecule has 3 aromatic rings. The van der Waals surface area contributed by atoms with Crippen LogP contribution >= 0.6 is 0 Å². The average Bonchev–Trinajstić information content (AvgIpc) is 3.13. The van der Waals surface area contributed by atoms with Crippen LogP contribution in [0.15, 0.2) is 48.5 Å². The highest BCUT2D eigenvalue weighted by molar-refractivity contribution is 6.04. The van der Waals surface area contributed by atoms with Crippen LogP contribution in [0.2, 0.25) is 0 Å². The van der Waals surface area contributed by atoms with Crippen molar-refractivity contribution in [3.63, 3.8) is 0 Å². The summed E-state index contributed by atoms with van der Waals surface area (Å²) < 4.78 is 16.4. The van der Waals surface area contributed by atoms with Gasteiger partial charge in [-0.3, -0.25) is 4.79 Å². The van der Waals surface area contributed by atoms with Crippen LogP contribution in [-0.2, 0) is 13.0 Å². The lowest BCUT2D eigenvalue weighted by Crippen LogP contribution is -2.23. The highest BCUT2D eigenvalue weighted by Gasteiger charge is 2.44. The van der Waals surface area contributed by atoms with Gasteiger partial charge in [0.1, 0.15) is 5.75 Å². The van der Waals surface area contributed by atoms with E-state index in [0.717, 1.165) is 34.4 Å². The van der Waals surface area contributed by atoms with Gasteiger partial charge in [-0.1, -0.05) is 44.2 Å². The van der Waals surface area contributed by atoms with E-state index in [1.807, 2.05) is 30.3 Å². The molecule has 3 aromatic carbocycles. The summed E-state index contributed by atoms with van der Waals surface area (Å²) in [6.45, 7) is 5.29. The number of benzene rings is 3. The molecule has 1 fully saturated rings. The Morgan fingerprint density at radius 2 is 1.84 bits per heavy atom. The van der Waals surface area contributed by atoms with Gasteiger partial charge in [0, 0.05) is 11.9 Å². The fraction of sp³-hybridized carbons (Fsp3) is 0.346. The lowest BCUT2D eigenvalue weighted by atomic mass is 9.98. The Labute approximate surface area is 182 Å². The molecule has 5 rings (SSSR count). The van der Waals surface area contributed by atoms with Gasteiger partial charge in [0.05, 0.1) is 12.7 Å². The van der Waals surface area contributed by atoms with Gasteiger partial charge in [0.25, 0.3) is 5.91 Å². The second-order valence-corrected chi connectivity index (χ2v) is 9.17. The Balaban J connectivity index is 1.34. The van der Waals surface area contributed by atoms with E-state index in [1.54, 1.807) is 7.11 Å². The Hall–Kier alpha value is -3.21. The minimum Gasteiger partial charge on any atom is -0.495 e. The Morgan fingerprint density at radius 1 is 1.06 bits per heavy atom. The third-order valence-electron chi connectivity index (χ3n) is 6.57. The molecule has 1 heterocycles. The van der Waals surface area contributed by atoms with Crippen molar-refractivity contribution in [3.8, 4) is 17.2 Å². The van der Waals surface area contributed by atoms with Gasteiger partial charge < -0.3 is 19.5 Å². The van der Waals surface area contributed by atoms with Crippen molar-refractivity contribution in [1.29, 1.82) is 0 Å². The molecule has 5 nitrogen and oxygen atoms in total. The number of carbonyl (C=O) groups excluding carboxylic acids is 1. The van der Waals surface area contributed by atoms with E-state index in [9.17, 15) is 4.79 Å². The first-order valence-corrected chi connectivity index (χ1v) is 10.7. The molecule has 1 amide bonds. The Kier molecular flexibility index (Phi) is 4.77. The first kappa shape index (κ1) is 19.7. The van der Waals surface area contributed by atoms with Crippen LogP contribution in [0.4, 0.5) is 0 Å². The number of amides is 1. The lowest BCUT2D eigenvalue weighted by Gasteiger charge is -2.13. The summed E-state index contributed by atoms with van der Waals surface area (Å²) in [5.41, 5.74) is 3.29. The van der Waals surface area contributed by atoms with E-state index >= 15 is 0 Å². The topological polar surface area (TPSA) is 56.8 Å². The van der Waals surface area contributed by atoms with Crippen LogP contribution in [0.5, 0.6) is 17.2 Å². The van der Waals surface area contributed by atoms with E-state index in [1.165, 1.54) is 12.0 Å². The number of hydrogen-bond acceptors (Lipinski definition) is 4. The molecule has 31 heavy (non-hydrogen) atoms. The fourth-order valence-electron chi connectivity index (χ4n) is 4.41. The van der Waals surface area contributed by atoms with Crippen molar-refractivity contribution in [3.05, 3.63) is 65.2 Å². The molecule has 0 saturated heterocycles. The summed E-state index contributed by atoms with van der Waals surface area (Å²) in [4.78, 5) is 12.9. The standard InChI is InChI=1S/C26H27NO4/c1-26(2)13-19(26)11-16-4-7-20-18(10-16)6-8-21(24(20)29-3)25(28)27-14-17-5-9-22-23(12-17)31-15-30-22/h4-10,12,19H,11,13-15H2,1-3H3,(H,27,28). The molecule has 0 radical (unpaired) electrons. The first-order chi connectivity index (χ1) is 14.9. The molecule has 0 aromatic heterocycles. The van der Waals surface area contributed by atoms with Gasteiger partial charge in [0.15, 0.2) is 11.5 Å². The molecular weight excluding hydrogens is 390 g/mol. The van der Waals surface area contributed by atoms with Gasteiger partial charge in [-0.15, -0.1) is 0 Å². The zero-order chi connectivity index (χ0) is 21.6. The highest BCUT2D eigenvalue weighted by Crippen LogP contribution is 2.53. The van der Waals surface area contributed by atoms with Crippen LogP contribution in [0, 0.1) is 11.3 Å². The number of fused-ring (bicyclic) bond motifs is 2. The lowest BCUT2D eigenvalue weighted by molar-refractivity contribution is 0.0948. The number of nitrogens with one attached hydrogen (secondary N) is 1. The van der Waals surface area contributed by atoms with E-state index in [4.69, 9.17) is 14.2 Å². The predicted octanol–water partition coefficient (Wildman–Crippen LogP) is 5.10. The van der Waals surface area contributed by atoms with E-state index in [2.05, 4.69) is 37.4 Å².